The van der Waals surface area contributed by atoms with E-state index in [1.807, 2.05) is 32.0 Å². The first kappa shape index (κ1) is 17.5. The van der Waals surface area contributed by atoms with Gasteiger partial charge in [-0.05, 0) is 31.4 Å². The molecular weight excluding hydrogens is 352 g/mol. The molecule has 1 saturated heterocycles. The molecule has 1 saturated carbocycles. The van der Waals surface area contributed by atoms with E-state index in [-0.39, 0.29) is 35.0 Å². The Hall–Kier alpha value is -1.88. The molecule has 4 rings (SSSR count). The van der Waals surface area contributed by atoms with Crippen LogP contribution in [0, 0.1) is 11.8 Å². The number of nitrogens with zero attached hydrogens (tertiary/aromatic N) is 1. The van der Waals surface area contributed by atoms with E-state index >= 15 is 0 Å². The number of Topliss-reactive ketones (excluding diaryl/α,β-unsaturated/α-hetero) is 1. The summed E-state index contributed by atoms with van der Waals surface area (Å²) in [6.07, 6.45) is 2.50. The lowest BCUT2D eigenvalue weighted by molar-refractivity contribution is -0.141. The lowest BCUT2D eigenvalue weighted by Crippen LogP contribution is -2.57. The third kappa shape index (κ3) is 2.64. The Kier molecular flexibility index (Phi) is 4.10. The maximum Gasteiger partial charge on any atom is 0.239 e. The van der Waals surface area contributed by atoms with E-state index in [0.29, 0.717) is 24.4 Å². The number of halogens is 1. The van der Waals surface area contributed by atoms with Crippen LogP contribution in [-0.4, -0.2) is 30.2 Å². The summed E-state index contributed by atoms with van der Waals surface area (Å²) in [5.74, 6) is -1.35. The normalized spacial score (nSPS) is 29.8. The summed E-state index contributed by atoms with van der Waals surface area (Å²) in [5.41, 5.74) is 1.44. The van der Waals surface area contributed by atoms with Crippen molar-refractivity contribution in [2.45, 2.75) is 51.0 Å². The Morgan fingerprint density at radius 3 is 2.85 bits per heavy atom. The van der Waals surface area contributed by atoms with E-state index in [2.05, 4.69) is 5.32 Å². The molecule has 26 heavy (non-hydrogen) atoms. The minimum Gasteiger partial charge on any atom is -0.352 e. The van der Waals surface area contributed by atoms with E-state index < -0.39 is 5.92 Å². The first-order valence-electron chi connectivity index (χ1n) is 9.23. The Balaban J connectivity index is 1.64. The molecule has 2 fully saturated rings. The summed E-state index contributed by atoms with van der Waals surface area (Å²) in [5, 5.41) is 3.56. The van der Waals surface area contributed by atoms with Gasteiger partial charge >= 0.3 is 0 Å². The van der Waals surface area contributed by atoms with Crippen molar-refractivity contribution in [1.82, 2.24) is 5.32 Å². The summed E-state index contributed by atoms with van der Waals surface area (Å²) in [7, 11) is 0. The molecule has 6 heteroatoms. The number of anilines is 1. The van der Waals surface area contributed by atoms with Crippen LogP contribution in [0.3, 0.4) is 0 Å². The number of hydrogen-bond donors (Lipinski definition) is 1. The molecule has 1 aliphatic carbocycles. The second-order valence-electron chi connectivity index (χ2n) is 8.31. The highest BCUT2D eigenvalue weighted by molar-refractivity contribution is 6.32. The van der Waals surface area contributed by atoms with Crippen molar-refractivity contribution in [3.8, 4) is 0 Å². The Labute approximate surface area is 158 Å². The molecular formula is C20H23ClN2O3. The molecule has 0 bridgehead atoms. The molecule has 2 aliphatic heterocycles. The van der Waals surface area contributed by atoms with Crippen molar-refractivity contribution in [2.75, 3.05) is 11.4 Å². The maximum atomic E-state index is 13.3. The fraction of sp³-hybridized carbons (Fsp3) is 0.550. The van der Waals surface area contributed by atoms with Gasteiger partial charge in [-0.2, -0.15) is 0 Å². The number of benzene rings is 1. The maximum absolute atomic E-state index is 13.3. The number of piperidine rings is 1. The van der Waals surface area contributed by atoms with Crippen molar-refractivity contribution in [1.29, 1.82) is 0 Å². The zero-order chi connectivity index (χ0) is 18.6. The Morgan fingerprint density at radius 2 is 2.08 bits per heavy atom. The van der Waals surface area contributed by atoms with E-state index in [1.54, 1.807) is 4.90 Å². The van der Waals surface area contributed by atoms with Crippen LogP contribution in [0.5, 0.6) is 0 Å². The molecule has 138 valence electrons. The van der Waals surface area contributed by atoms with Gasteiger partial charge in [0.1, 0.15) is 11.7 Å². The summed E-state index contributed by atoms with van der Waals surface area (Å²) < 4.78 is 0. The summed E-state index contributed by atoms with van der Waals surface area (Å²) in [4.78, 5) is 39.8. The average molecular weight is 375 g/mol. The molecule has 0 radical (unpaired) electrons. The lowest BCUT2D eigenvalue weighted by Gasteiger charge is -2.38. The van der Waals surface area contributed by atoms with Crippen molar-refractivity contribution in [3.05, 3.63) is 28.8 Å². The van der Waals surface area contributed by atoms with E-state index in [4.69, 9.17) is 11.6 Å². The minimum absolute atomic E-state index is 0.107. The van der Waals surface area contributed by atoms with Crippen molar-refractivity contribution in [3.63, 3.8) is 0 Å². The Morgan fingerprint density at radius 1 is 1.31 bits per heavy atom. The van der Waals surface area contributed by atoms with E-state index in [0.717, 1.165) is 24.1 Å². The van der Waals surface area contributed by atoms with Crippen LogP contribution >= 0.6 is 11.6 Å². The van der Waals surface area contributed by atoms with Crippen LogP contribution in [0.4, 0.5) is 5.69 Å². The molecule has 5 nitrogen and oxygen atoms in total. The first-order chi connectivity index (χ1) is 12.3. The number of fused-ring (bicyclic) bond motifs is 2. The fourth-order valence-corrected chi connectivity index (χ4v) is 5.21. The predicted octanol–water partition coefficient (Wildman–Crippen LogP) is 2.84. The summed E-state index contributed by atoms with van der Waals surface area (Å²) in [6.45, 7) is 4.58. The third-order valence-corrected chi connectivity index (χ3v) is 6.36. The van der Waals surface area contributed by atoms with Crippen molar-refractivity contribution < 1.29 is 14.4 Å². The lowest BCUT2D eigenvalue weighted by atomic mass is 9.74. The van der Waals surface area contributed by atoms with Crippen LogP contribution in [0.25, 0.3) is 0 Å². The zero-order valence-corrected chi connectivity index (χ0v) is 15.8. The largest absolute Gasteiger partial charge is 0.352 e. The highest BCUT2D eigenvalue weighted by Crippen LogP contribution is 2.45. The Bertz CT molecular complexity index is 804. The van der Waals surface area contributed by atoms with Gasteiger partial charge in [0.25, 0.3) is 0 Å². The van der Waals surface area contributed by atoms with Gasteiger partial charge in [0.15, 0.2) is 0 Å². The highest BCUT2D eigenvalue weighted by Gasteiger charge is 2.48. The second kappa shape index (κ2) is 6.08. The molecule has 2 heterocycles. The molecule has 3 unspecified atom stereocenters. The molecule has 3 aliphatic rings. The highest BCUT2D eigenvalue weighted by atomic mass is 35.5. The van der Waals surface area contributed by atoms with Crippen LogP contribution in [0.15, 0.2) is 18.2 Å². The van der Waals surface area contributed by atoms with Gasteiger partial charge in [-0.15, -0.1) is 0 Å². The van der Waals surface area contributed by atoms with Gasteiger partial charge in [-0.25, -0.2) is 0 Å². The quantitative estimate of drug-likeness (QED) is 0.768. The number of carbonyl (C=O) groups excluding carboxylic acids is 3. The smallest absolute Gasteiger partial charge is 0.239 e. The summed E-state index contributed by atoms with van der Waals surface area (Å²) >= 11 is 6.39. The number of rotatable bonds is 1. The fourth-order valence-electron chi connectivity index (χ4n) is 4.78. The number of carbonyl (C=O) groups is 3. The van der Waals surface area contributed by atoms with Gasteiger partial charge in [0.05, 0.1) is 0 Å². The SMILES string of the molecule is CC1(C)CN(C(=O)C2CC3C(=O)CCCC3NC2=O)c2cccc(Cl)c21. The number of nitrogens with one attached hydrogen (secondary N) is 1. The molecule has 1 aromatic carbocycles. The van der Waals surface area contributed by atoms with Crippen molar-refractivity contribution >= 4 is 34.9 Å². The molecule has 0 spiro atoms. The van der Waals surface area contributed by atoms with E-state index in [9.17, 15) is 14.4 Å². The number of ketones is 1. The average Bonchev–Trinajstić information content (AvgIpc) is 2.86. The van der Waals surface area contributed by atoms with Gasteiger partial charge in [0.2, 0.25) is 11.8 Å². The topological polar surface area (TPSA) is 66.5 Å². The van der Waals surface area contributed by atoms with Crippen LogP contribution in [0.1, 0.15) is 45.1 Å². The monoisotopic (exact) mass is 374 g/mol. The number of amides is 2. The van der Waals surface area contributed by atoms with Crippen LogP contribution < -0.4 is 10.2 Å². The van der Waals surface area contributed by atoms with Gasteiger partial charge < -0.3 is 10.2 Å². The zero-order valence-electron chi connectivity index (χ0n) is 15.0. The number of hydrogen-bond acceptors (Lipinski definition) is 3. The second-order valence-corrected chi connectivity index (χ2v) is 8.72. The molecule has 1 aromatic rings. The molecule has 3 atom stereocenters. The predicted molar refractivity (Wildman–Crippen MR) is 99.2 cm³/mol. The van der Waals surface area contributed by atoms with Gasteiger partial charge in [-0.3, -0.25) is 14.4 Å². The van der Waals surface area contributed by atoms with Crippen molar-refractivity contribution in [2.24, 2.45) is 11.8 Å². The first-order valence-corrected chi connectivity index (χ1v) is 9.61. The minimum atomic E-state index is -0.806. The van der Waals surface area contributed by atoms with Gasteiger partial charge in [0, 0.05) is 46.6 Å². The molecule has 0 aromatic heterocycles. The third-order valence-electron chi connectivity index (χ3n) is 6.05. The van der Waals surface area contributed by atoms with Crippen LogP contribution in [-0.2, 0) is 19.8 Å². The van der Waals surface area contributed by atoms with Crippen LogP contribution in [0.2, 0.25) is 5.02 Å². The van der Waals surface area contributed by atoms with Gasteiger partial charge in [-0.1, -0.05) is 31.5 Å². The molecule has 1 N–H and O–H groups in total. The summed E-state index contributed by atoms with van der Waals surface area (Å²) in [6, 6.07) is 5.42. The molecule has 2 amide bonds. The van der Waals surface area contributed by atoms with E-state index in [1.165, 1.54) is 0 Å². The standard InChI is InChI=1S/C20H23ClN2O3/c1-20(2)10-23(15-7-3-5-13(21)17(15)20)19(26)12-9-11-14(22-18(12)25)6-4-8-16(11)24/h3,5,7,11-12,14H,4,6,8-10H2,1-2H3,(H,22,25).